The first kappa shape index (κ1) is 11.1. The van der Waals surface area contributed by atoms with Gasteiger partial charge in [-0.3, -0.25) is 14.0 Å². The maximum Gasteiger partial charge on any atom is 0.266 e. The Morgan fingerprint density at radius 2 is 2.25 bits per heavy atom. The fraction of sp³-hybridized carbons (Fsp3) is 0.222. The van der Waals surface area contributed by atoms with E-state index in [1.807, 2.05) is 22.6 Å². The Morgan fingerprint density at radius 1 is 1.44 bits per heavy atom. The number of halogens is 1. The topological polar surface area (TPSA) is 78.7 Å². The van der Waals surface area contributed by atoms with E-state index in [1.54, 1.807) is 27.7 Å². The standard InChI is InChI=1S/C9H10IN5O/c10-7-5-12-6-14(9(7)16)3-4-15-2-1-8(11)13-15/h1-2,5-6H,3-4H2,(H2,11,13). The van der Waals surface area contributed by atoms with Gasteiger partial charge in [0.2, 0.25) is 0 Å². The maximum atomic E-state index is 11.7. The number of aromatic nitrogens is 4. The van der Waals surface area contributed by atoms with Crippen LogP contribution in [0.3, 0.4) is 0 Å². The third-order valence-electron chi connectivity index (χ3n) is 2.09. The molecular weight excluding hydrogens is 321 g/mol. The first-order valence-corrected chi connectivity index (χ1v) is 5.73. The Balaban J connectivity index is 2.11. The Bertz CT molecular complexity index is 547. The van der Waals surface area contributed by atoms with Crippen LogP contribution in [-0.4, -0.2) is 19.3 Å². The summed E-state index contributed by atoms with van der Waals surface area (Å²) in [6, 6.07) is 1.72. The van der Waals surface area contributed by atoms with Crippen LogP contribution in [0.4, 0.5) is 5.82 Å². The lowest BCUT2D eigenvalue weighted by atomic mass is 10.5. The second kappa shape index (κ2) is 4.64. The molecule has 0 aliphatic carbocycles. The molecule has 2 N–H and O–H groups in total. The lowest BCUT2D eigenvalue weighted by molar-refractivity contribution is 0.519. The third-order valence-corrected chi connectivity index (χ3v) is 2.83. The summed E-state index contributed by atoms with van der Waals surface area (Å²) in [5.41, 5.74) is 5.46. The minimum atomic E-state index is -0.0317. The molecule has 0 aliphatic heterocycles. The molecule has 0 bridgehead atoms. The predicted molar refractivity (Wildman–Crippen MR) is 67.9 cm³/mol. The molecule has 0 unspecified atom stereocenters. The molecule has 0 spiro atoms. The zero-order valence-electron chi connectivity index (χ0n) is 8.38. The highest BCUT2D eigenvalue weighted by molar-refractivity contribution is 14.1. The molecule has 84 valence electrons. The average Bonchev–Trinajstić information content (AvgIpc) is 2.67. The summed E-state index contributed by atoms with van der Waals surface area (Å²) >= 11 is 1.97. The number of aryl methyl sites for hydroxylation is 2. The van der Waals surface area contributed by atoms with Gasteiger partial charge in [-0.05, 0) is 28.7 Å². The van der Waals surface area contributed by atoms with Gasteiger partial charge < -0.3 is 5.73 Å². The molecule has 0 fully saturated rings. The largest absolute Gasteiger partial charge is 0.382 e. The van der Waals surface area contributed by atoms with Crippen molar-refractivity contribution in [3.05, 3.63) is 38.7 Å². The molecule has 2 rings (SSSR count). The lowest BCUT2D eigenvalue weighted by Gasteiger charge is -2.05. The first-order chi connectivity index (χ1) is 7.66. The number of hydrogen-bond donors (Lipinski definition) is 1. The molecule has 0 saturated heterocycles. The van der Waals surface area contributed by atoms with Crippen molar-refractivity contribution in [1.29, 1.82) is 0 Å². The fourth-order valence-electron chi connectivity index (χ4n) is 1.30. The van der Waals surface area contributed by atoms with E-state index in [2.05, 4.69) is 10.1 Å². The molecule has 6 nitrogen and oxygen atoms in total. The van der Waals surface area contributed by atoms with Crippen LogP contribution >= 0.6 is 22.6 Å². The van der Waals surface area contributed by atoms with Gasteiger partial charge in [0.25, 0.3) is 5.56 Å². The van der Waals surface area contributed by atoms with Crippen LogP contribution in [0.1, 0.15) is 0 Å². The molecule has 2 heterocycles. The van der Waals surface area contributed by atoms with Gasteiger partial charge in [-0.25, -0.2) is 4.98 Å². The van der Waals surface area contributed by atoms with Gasteiger partial charge in [0.15, 0.2) is 0 Å². The van der Waals surface area contributed by atoms with Crippen LogP contribution in [0, 0.1) is 3.57 Å². The van der Waals surface area contributed by atoms with Crippen molar-refractivity contribution in [1.82, 2.24) is 19.3 Å². The van der Waals surface area contributed by atoms with Crippen LogP contribution in [0.2, 0.25) is 0 Å². The molecule has 0 saturated carbocycles. The summed E-state index contributed by atoms with van der Waals surface area (Å²) in [6.07, 6.45) is 4.85. The SMILES string of the molecule is Nc1ccn(CCn2cncc(I)c2=O)n1. The summed E-state index contributed by atoms with van der Waals surface area (Å²) in [5, 5.41) is 4.03. The Hall–Kier alpha value is -1.38. The summed E-state index contributed by atoms with van der Waals surface area (Å²) < 4.78 is 3.86. The van der Waals surface area contributed by atoms with Crippen molar-refractivity contribution < 1.29 is 0 Å². The Kier molecular flexibility index (Phi) is 3.22. The Morgan fingerprint density at radius 3 is 2.94 bits per heavy atom. The van der Waals surface area contributed by atoms with Crippen LogP contribution in [0.25, 0.3) is 0 Å². The highest BCUT2D eigenvalue weighted by Gasteiger charge is 2.01. The summed E-state index contributed by atoms with van der Waals surface area (Å²) in [4.78, 5) is 15.6. The van der Waals surface area contributed by atoms with Crippen LogP contribution in [0.15, 0.2) is 29.6 Å². The highest BCUT2D eigenvalue weighted by atomic mass is 127. The molecule has 0 amide bonds. The Labute approximate surface area is 105 Å². The number of nitrogens with zero attached hydrogens (tertiary/aromatic N) is 4. The fourth-order valence-corrected chi connectivity index (χ4v) is 1.77. The minimum Gasteiger partial charge on any atom is -0.382 e. The quantitative estimate of drug-likeness (QED) is 0.822. The molecule has 0 radical (unpaired) electrons. The monoisotopic (exact) mass is 331 g/mol. The number of anilines is 1. The molecule has 7 heteroatoms. The maximum absolute atomic E-state index is 11.7. The van der Waals surface area contributed by atoms with Gasteiger partial charge in [-0.1, -0.05) is 0 Å². The van der Waals surface area contributed by atoms with E-state index in [-0.39, 0.29) is 5.56 Å². The van der Waals surface area contributed by atoms with Crippen molar-refractivity contribution in [2.75, 3.05) is 5.73 Å². The van der Waals surface area contributed by atoms with Crippen molar-refractivity contribution >= 4 is 28.4 Å². The second-order valence-electron chi connectivity index (χ2n) is 3.24. The van der Waals surface area contributed by atoms with Gasteiger partial charge >= 0.3 is 0 Å². The molecule has 0 aliphatic rings. The number of rotatable bonds is 3. The molecule has 2 aromatic heterocycles. The zero-order chi connectivity index (χ0) is 11.5. The van der Waals surface area contributed by atoms with Gasteiger partial charge in [0, 0.05) is 18.9 Å². The van der Waals surface area contributed by atoms with E-state index in [1.165, 1.54) is 6.33 Å². The molecular formula is C9H10IN5O. The zero-order valence-corrected chi connectivity index (χ0v) is 10.5. The van der Waals surface area contributed by atoms with Crippen molar-refractivity contribution in [2.45, 2.75) is 13.1 Å². The third kappa shape index (κ3) is 2.40. The van der Waals surface area contributed by atoms with E-state index >= 15 is 0 Å². The van der Waals surface area contributed by atoms with Crippen molar-refractivity contribution in [2.24, 2.45) is 0 Å². The highest BCUT2D eigenvalue weighted by Crippen LogP contribution is 1.97. The first-order valence-electron chi connectivity index (χ1n) is 4.65. The minimum absolute atomic E-state index is 0.0317. The van der Waals surface area contributed by atoms with E-state index < -0.39 is 0 Å². The normalized spacial score (nSPS) is 10.6. The van der Waals surface area contributed by atoms with E-state index in [0.29, 0.717) is 22.5 Å². The number of nitrogen functional groups attached to an aromatic ring is 1. The average molecular weight is 331 g/mol. The van der Waals surface area contributed by atoms with Gasteiger partial charge in [-0.15, -0.1) is 0 Å². The summed E-state index contributed by atoms with van der Waals surface area (Å²) in [7, 11) is 0. The predicted octanol–water partition coefficient (Wildman–Crippen LogP) is 0.327. The van der Waals surface area contributed by atoms with Crippen molar-refractivity contribution in [3.63, 3.8) is 0 Å². The van der Waals surface area contributed by atoms with Crippen LogP contribution in [0.5, 0.6) is 0 Å². The molecule has 0 atom stereocenters. The van der Waals surface area contributed by atoms with Gasteiger partial charge in [0.05, 0.1) is 16.4 Å². The summed E-state index contributed by atoms with van der Waals surface area (Å²) in [5.74, 6) is 0.480. The van der Waals surface area contributed by atoms with Gasteiger partial charge in [0.1, 0.15) is 5.82 Å². The van der Waals surface area contributed by atoms with E-state index in [4.69, 9.17) is 5.73 Å². The van der Waals surface area contributed by atoms with Gasteiger partial charge in [-0.2, -0.15) is 5.10 Å². The number of nitrogens with two attached hydrogens (primary N) is 1. The van der Waals surface area contributed by atoms with E-state index in [9.17, 15) is 4.79 Å². The lowest BCUT2D eigenvalue weighted by Crippen LogP contribution is -2.24. The molecule has 16 heavy (non-hydrogen) atoms. The summed E-state index contributed by atoms with van der Waals surface area (Å²) in [6.45, 7) is 1.13. The van der Waals surface area contributed by atoms with Crippen LogP contribution < -0.4 is 11.3 Å². The smallest absolute Gasteiger partial charge is 0.266 e. The second-order valence-corrected chi connectivity index (χ2v) is 4.41. The van der Waals surface area contributed by atoms with E-state index in [0.717, 1.165) is 0 Å². The molecule has 2 aromatic rings. The number of hydrogen-bond acceptors (Lipinski definition) is 4. The van der Waals surface area contributed by atoms with Crippen molar-refractivity contribution in [3.8, 4) is 0 Å². The van der Waals surface area contributed by atoms with Crippen LogP contribution in [-0.2, 0) is 13.1 Å². The molecule has 0 aromatic carbocycles.